The summed E-state index contributed by atoms with van der Waals surface area (Å²) >= 11 is 0. The maximum absolute atomic E-state index is 6.76. The SMILES string of the molecule is CC(C)(C)c1cc(C(C)(C)C)c2oc3cc(N(c4ccccc4)c4ccc5c(c4)C(C)(C)c4ccccc4-5)ccc3c2c1. The van der Waals surface area contributed by atoms with Gasteiger partial charge in [0.25, 0.3) is 0 Å². The predicted octanol–water partition coefficient (Wildman–Crippen LogP) is 12.0. The Bertz CT molecular complexity index is 2010. The van der Waals surface area contributed by atoms with Crippen molar-refractivity contribution >= 4 is 39.0 Å². The van der Waals surface area contributed by atoms with E-state index in [0.717, 1.165) is 33.6 Å². The second kappa shape index (κ2) is 9.35. The summed E-state index contributed by atoms with van der Waals surface area (Å²) in [6, 6.07) is 37.9. The van der Waals surface area contributed by atoms with Crippen molar-refractivity contribution in [3.05, 3.63) is 125 Å². The van der Waals surface area contributed by atoms with E-state index < -0.39 is 0 Å². The van der Waals surface area contributed by atoms with E-state index in [1.807, 2.05) is 0 Å². The molecule has 2 nitrogen and oxygen atoms in total. The van der Waals surface area contributed by atoms with E-state index in [1.165, 1.54) is 38.8 Å². The van der Waals surface area contributed by atoms with Crippen LogP contribution in [0.2, 0.25) is 0 Å². The standard InChI is InChI=1S/C41H41NO/c1-39(2,3)26-22-33-32-21-19-29(25-37(32)43-38(33)36(23-26)40(4,5)6)42(27-14-10-9-11-15-27)28-18-20-31-30-16-12-13-17-34(30)41(7,8)35(31)24-28/h9-25H,1-8H3. The Labute approximate surface area is 256 Å². The summed E-state index contributed by atoms with van der Waals surface area (Å²) in [7, 11) is 0. The normalized spacial score (nSPS) is 14.2. The molecule has 7 rings (SSSR count). The lowest BCUT2D eigenvalue weighted by molar-refractivity contribution is 0.559. The lowest BCUT2D eigenvalue weighted by Crippen LogP contribution is -2.16. The average molecular weight is 564 g/mol. The van der Waals surface area contributed by atoms with E-state index in [1.54, 1.807) is 0 Å². The van der Waals surface area contributed by atoms with Crippen molar-refractivity contribution in [2.24, 2.45) is 0 Å². The molecule has 0 fully saturated rings. The third-order valence-corrected chi connectivity index (χ3v) is 9.33. The Morgan fingerprint density at radius 2 is 1.21 bits per heavy atom. The molecule has 1 aliphatic carbocycles. The van der Waals surface area contributed by atoms with Crippen molar-refractivity contribution in [1.82, 2.24) is 0 Å². The lowest BCUT2D eigenvalue weighted by Gasteiger charge is -2.28. The minimum Gasteiger partial charge on any atom is -0.456 e. The summed E-state index contributed by atoms with van der Waals surface area (Å²) in [5.74, 6) is 0. The molecule has 0 amide bonds. The van der Waals surface area contributed by atoms with Gasteiger partial charge in [0.15, 0.2) is 0 Å². The molecule has 0 bridgehead atoms. The van der Waals surface area contributed by atoms with E-state index in [9.17, 15) is 0 Å². The fourth-order valence-electron chi connectivity index (χ4n) is 6.85. The highest BCUT2D eigenvalue weighted by atomic mass is 16.3. The highest BCUT2D eigenvalue weighted by molar-refractivity contribution is 6.07. The molecule has 1 aliphatic rings. The van der Waals surface area contributed by atoms with Gasteiger partial charge in [-0.25, -0.2) is 0 Å². The number of hydrogen-bond donors (Lipinski definition) is 0. The first-order valence-electron chi connectivity index (χ1n) is 15.4. The maximum atomic E-state index is 6.76. The van der Waals surface area contributed by atoms with Crippen LogP contribution < -0.4 is 4.90 Å². The minimum atomic E-state index is -0.0683. The number of furan rings is 1. The summed E-state index contributed by atoms with van der Waals surface area (Å²) < 4.78 is 6.76. The second-order valence-corrected chi connectivity index (χ2v) is 14.8. The molecule has 2 heteroatoms. The molecule has 5 aromatic carbocycles. The van der Waals surface area contributed by atoms with E-state index >= 15 is 0 Å². The Kier molecular flexibility index (Phi) is 5.98. The zero-order valence-electron chi connectivity index (χ0n) is 26.7. The van der Waals surface area contributed by atoms with Crippen LogP contribution in [-0.2, 0) is 16.2 Å². The number of nitrogens with zero attached hydrogens (tertiary/aromatic N) is 1. The molecule has 0 aliphatic heterocycles. The summed E-state index contributed by atoms with van der Waals surface area (Å²) in [4.78, 5) is 2.36. The molecule has 1 heterocycles. The van der Waals surface area contributed by atoms with E-state index in [2.05, 4.69) is 163 Å². The van der Waals surface area contributed by atoms with E-state index in [-0.39, 0.29) is 16.2 Å². The molecule has 0 atom stereocenters. The van der Waals surface area contributed by atoms with Crippen molar-refractivity contribution in [2.75, 3.05) is 4.90 Å². The van der Waals surface area contributed by atoms with Crippen LogP contribution in [0.3, 0.4) is 0 Å². The summed E-state index contributed by atoms with van der Waals surface area (Å²) in [5.41, 5.74) is 13.2. The van der Waals surface area contributed by atoms with E-state index in [4.69, 9.17) is 4.42 Å². The Morgan fingerprint density at radius 3 is 1.93 bits per heavy atom. The predicted molar refractivity (Wildman–Crippen MR) is 183 cm³/mol. The van der Waals surface area contributed by atoms with Crippen molar-refractivity contribution in [1.29, 1.82) is 0 Å². The van der Waals surface area contributed by atoms with Gasteiger partial charge >= 0.3 is 0 Å². The van der Waals surface area contributed by atoms with Gasteiger partial charge in [-0.15, -0.1) is 0 Å². The Morgan fingerprint density at radius 1 is 0.558 bits per heavy atom. The highest BCUT2D eigenvalue weighted by Crippen LogP contribution is 2.51. The molecule has 0 saturated carbocycles. The lowest BCUT2D eigenvalue weighted by atomic mass is 9.79. The number of hydrogen-bond acceptors (Lipinski definition) is 2. The first-order valence-corrected chi connectivity index (χ1v) is 15.4. The highest BCUT2D eigenvalue weighted by Gasteiger charge is 2.35. The Balaban J connectivity index is 1.43. The topological polar surface area (TPSA) is 16.4 Å². The number of rotatable bonds is 3. The Hall–Kier alpha value is -4.30. The molecule has 1 aromatic heterocycles. The fraction of sp³-hybridized carbons (Fsp3) is 0.268. The van der Waals surface area contributed by atoms with Gasteiger partial charge in [0.1, 0.15) is 11.2 Å². The third-order valence-electron chi connectivity index (χ3n) is 9.33. The first-order chi connectivity index (χ1) is 20.3. The van der Waals surface area contributed by atoms with Gasteiger partial charge in [-0.1, -0.05) is 110 Å². The van der Waals surface area contributed by atoms with Crippen LogP contribution in [0.15, 0.2) is 108 Å². The van der Waals surface area contributed by atoms with Crippen LogP contribution in [0, 0.1) is 0 Å². The molecule has 0 saturated heterocycles. The zero-order chi connectivity index (χ0) is 30.3. The third kappa shape index (κ3) is 4.38. The van der Waals surface area contributed by atoms with Gasteiger partial charge in [0.05, 0.1) is 0 Å². The molecule has 0 unspecified atom stereocenters. The van der Waals surface area contributed by atoms with E-state index in [0.29, 0.717) is 0 Å². The summed E-state index contributed by atoms with van der Waals surface area (Å²) in [5, 5.41) is 2.36. The number of benzene rings is 5. The summed E-state index contributed by atoms with van der Waals surface area (Å²) in [6.07, 6.45) is 0. The summed E-state index contributed by atoms with van der Waals surface area (Å²) in [6.45, 7) is 18.4. The van der Waals surface area contributed by atoms with Gasteiger partial charge in [-0.2, -0.15) is 0 Å². The van der Waals surface area contributed by atoms with Crippen LogP contribution in [0.1, 0.15) is 77.6 Å². The van der Waals surface area contributed by atoms with Gasteiger partial charge in [-0.05, 0) is 81.1 Å². The van der Waals surface area contributed by atoms with Crippen molar-refractivity contribution in [3.63, 3.8) is 0 Å². The van der Waals surface area contributed by atoms with Crippen molar-refractivity contribution in [3.8, 4) is 11.1 Å². The van der Waals surface area contributed by atoms with Crippen LogP contribution in [0.25, 0.3) is 33.1 Å². The van der Waals surface area contributed by atoms with Crippen LogP contribution in [-0.4, -0.2) is 0 Å². The number of fused-ring (bicyclic) bond motifs is 6. The van der Waals surface area contributed by atoms with Gasteiger partial charge < -0.3 is 9.32 Å². The number of anilines is 3. The molecule has 6 aromatic rings. The van der Waals surface area contributed by atoms with Gasteiger partial charge in [0.2, 0.25) is 0 Å². The second-order valence-electron chi connectivity index (χ2n) is 14.8. The molecule has 43 heavy (non-hydrogen) atoms. The molecule has 216 valence electrons. The minimum absolute atomic E-state index is 0.0406. The smallest absolute Gasteiger partial charge is 0.139 e. The van der Waals surface area contributed by atoms with Gasteiger partial charge in [-0.3, -0.25) is 0 Å². The van der Waals surface area contributed by atoms with Crippen molar-refractivity contribution < 1.29 is 4.42 Å². The molecule has 0 radical (unpaired) electrons. The zero-order valence-corrected chi connectivity index (χ0v) is 26.7. The molecular formula is C41H41NO. The fourth-order valence-corrected chi connectivity index (χ4v) is 6.85. The van der Waals surface area contributed by atoms with Crippen LogP contribution in [0.4, 0.5) is 17.1 Å². The molecular weight excluding hydrogens is 522 g/mol. The maximum Gasteiger partial charge on any atom is 0.139 e. The largest absolute Gasteiger partial charge is 0.456 e. The average Bonchev–Trinajstić information content (AvgIpc) is 3.44. The van der Waals surface area contributed by atoms with Crippen LogP contribution >= 0.6 is 0 Å². The van der Waals surface area contributed by atoms with Gasteiger partial charge in [0, 0.05) is 44.9 Å². The van der Waals surface area contributed by atoms with Crippen molar-refractivity contribution in [2.45, 2.75) is 71.6 Å². The first kappa shape index (κ1) is 27.5. The van der Waals surface area contributed by atoms with Crippen LogP contribution in [0.5, 0.6) is 0 Å². The molecule has 0 spiro atoms. The monoisotopic (exact) mass is 563 g/mol. The molecule has 0 N–H and O–H groups in total. The number of para-hydroxylation sites is 1. The quantitative estimate of drug-likeness (QED) is 0.213.